The fourth-order valence-electron chi connectivity index (χ4n) is 2.43. The molecule has 3 rings (SSSR count). The third-order valence-electron chi connectivity index (χ3n) is 3.69. The number of nitrogens with zero attached hydrogens (tertiary/aromatic N) is 1. The summed E-state index contributed by atoms with van der Waals surface area (Å²) in [5, 5.41) is 3.59. The van der Waals surface area contributed by atoms with E-state index in [0.717, 1.165) is 5.69 Å². The molecule has 1 N–H and O–H groups in total. The lowest BCUT2D eigenvalue weighted by Crippen LogP contribution is -2.13. The highest BCUT2D eigenvalue weighted by atomic mass is 32.2. The zero-order valence-corrected chi connectivity index (χ0v) is 12.7. The van der Waals surface area contributed by atoms with E-state index in [1.807, 2.05) is 18.2 Å². The molecule has 110 valence electrons. The van der Waals surface area contributed by atoms with Crippen molar-refractivity contribution in [2.24, 2.45) is 5.92 Å². The van der Waals surface area contributed by atoms with Gasteiger partial charge >= 0.3 is 0 Å². The normalized spacial score (nSPS) is 16.4. The topological polar surface area (TPSA) is 59.1 Å². The van der Waals surface area contributed by atoms with E-state index in [1.54, 1.807) is 18.3 Å². The Morgan fingerprint density at radius 2 is 1.86 bits per heavy atom. The first-order valence-corrected chi connectivity index (χ1v) is 8.91. The van der Waals surface area contributed by atoms with Gasteiger partial charge in [-0.25, -0.2) is 13.4 Å². The second-order valence-electron chi connectivity index (χ2n) is 5.53. The molecule has 1 aromatic carbocycles. The summed E-state index contributed by atoms with van der Waals surface area (Å²) in [6, 6.07) is 13.9. The lowest BCUT2D eigenvalue weighted by Gasteiger charge is -2.20. The third-order valence-corrected chi connectivity index (χ3v) is 4.69. The minimum absolute atomic E-state index is 0.107. The maximum atomic E-state index is 11.4. The molecule has 0 amide bonds. The molecule has 4 nitrogen and oxygen atoms in total. The molecule has 1 heterocycles. The summed E-state index contributed by atoms with van der Waals surface area (Å²) in [5.41, 5.74) is 2.11. The Morgan fingerprint density at radius 3 is 2.38 bits per heavy atom. The standard InChI is InChI=1S/C16H18N2O2S/c1-21(19,20)15-10-9-14(11-17-15)18-16(13-7-8-13)12-5-3-2-4-6-12/h2-6,9-11,13,16,18H,7-8H2,1H3. The molecule has 1 fully saturated rings. The number of sulfone groups is 1. The van der Waals surface area contributed by atoms with Crippen LogP contribution in [0.5, 0.6) is 0 Å². The Morgan fingerprint density at radius 1 is 1.14 bits per heavy atom. The largest absolute Gasteiger partial charge is 0.377 e. The van der Waals surface area contributed by atoms with Crippen molar-refractivity contribution in [1.82, 2.24) is 4.98 Å². The minimum atomic E-state index is -3.24. The van der Waals surface area contributed by atoms with E-state index in [1.165, 1.54) is 24.7 Å². The minimum Gasteiger partial charge on any atom is -0.377 e. The fraction of sp³-hybridized carbons (Fsp3) is 0.312. The second-order valence-corrected chi connectivity index (χ2v) is 7.49. The van der Waals surface area contributed by atoms with Gasteiger partial charge in [0.1, 0.15) is 0 Å². The maximum absolute atomic E-state index is 11.4. The zero-order valence-electron chi connectivity index (χ0n) is 11.9. The number of pyridine rings is 1. The molecule has 0 saturated heterocycles. The van der Waals surface area contributed by atoms with Crippen LogP contribution in [0.25, 0.3) is 0 Å². The molecule has 1 aromatic heterocycles. The van der Waals surface area contributed by atoms with Crippen LogP contribution in [0.1, 0.15) is 24.4 Å². The SMILES string of the molecule is CS(=O)(=O)c1ccc(NC(c2ccccc2)C2CC2)cn1. The van der Waals surface area contributed by atoms with Crippen molar-refractivity contribution >= 4 is 15.5 Å². The molecular formula is C16H18N2O2S. The van der Waals surface area contributed by atoms with Crippen molar-refractivity contribution in [2.75, 3.05) is 11.6 Å². The van der Waals surface area contributed by atoms with Gasteiger partial charge in [-0.1, -0.05) is 30.3 Å². The zero-order chi connectivity index (χ0) is 14.9. The third kappa shape index (κ3) is 3.42. The number of nitrogens with one attached hydrogen (secondary N) is 1. The lowest BCUT2D eigenvalue weighted by atomic mass is 10.0. The van der Waals surface area contributed by atoms with Crippen LogP contribution in [0.2, 0.25) is 0 Å². The average molecular weight is 302 g/mol. The Bertz CT molecular complexity index is 708. The van der Waals surface area contributed by atoms with E-state index in [2.05, 4.69) is 22.4 Å². The highest BCUT2D eigenvalue weighted by Crippen LogP contribution is 2.42. The highest BCUT2D eigenvalue weighted by Gasteiger charge is 2.32. The Balaban J connectivity index is 1.81. The summed E-state index contributed by atoms with van der Waals surface area (Å²) in [4.78, 5) is 4.03. The summed E-state index contributed by atoms with van der Waals surface area (Å²) in [6.45, 7) is 0. The second kappa shape index (κ2) is 5.48. The van der Waals surface area contributed by atoms with Crippen LogP contribution in [0.4, 0.5) is 5.69 Å². The van der Waals surface area contributed by atoms with Crippen LogP contribution < -0.4 is 5.32 Å². The molecule has 1 atom stereocenters. The van der Waals surface area contributed by atoms with Crippen LogP contribution in [-0.2, 0) is 9.84 Å². The summed E-state index contributed by atoms with van der Waals surface area (Å²) in [5.74, 6) is 0.641. The molecule has 2 aromatic rings. The number of hydrogen-bond donors (Lipinski definition) is 1. The lowest BCUT2D eigenvalue weighted by molar-refractivity contribution is 0.598. The first-order valence-electron chi connectivity index (χ1n) is 7.01. The summed E-state index contributed by atoms with van der Waals surface area (Å²) in [6.07, 6.45) is 5.21. The molecule has 1 aliphatic carbocycles. The van der Waals surface area contributed by atoms with Gasteiger partial charge in [0.25, 0.3) is 0 Å². The summed E-state index contributed by atoms with van der Waals surface area (Å²) < 4.78 is 22.8. The smallest absolute Gasteiger partial charge is 0.192 e. The van der Waals surface area contributed by atoms with E-state index in [4.69, 9.17) is 0 Å². The van der Waals surface area contributed by atoms with Crippen molar-refractivity contribution in [2.45, 2.75) is 23.9 Å². The molecule has 1 saturated carbocycles. The van der Waals surface area contributed by atoms with Crippen LogP contribution in [-0.4, -0.2) is 19.7 Å². The monoisotopic (exact) mass is 302 g/mol. The van der Waals surface area contributed by atoms with Crippen molar-refractivity contribution in [3.63, 3.8) is 0 Å². The van der Waals surface area contributed by atoms with E-state index >= 15 is 0 Å². The quantitative estimate of drug-likeness (QED) is 0.922. The van der Waals surface area contributed by atoms with Crippen LogP contribution in [0.3, 0.4) is 0 Å². The number of benzene rings is 1. The summed E-state index contributed by atoms with van der Waals surface area (Å²) >= 11 is 0. The van der Waals surface area contributed by atoms with Crippen molar-refractivity contribution in [3.05, 3.63) is 54.2 Å². The molecule has 0 aliphatic heterocycles. The molecule has 5 heteroatoms. The van der Waals surface area contributed by atoms with Gasteiger partial charge in [0, 0.05) is 6.26 Å². The predicted octanol–water partition coefficient (Wildman–Crippen LogP) is 3.05. The van der Waals surface area contributed by atoms with Gasteiger partial charge in [-0.05, 0) is 36.5 Å². The highest BCUT2D eigenvalue weighted by molar-refractivity contribution is 7.90. The van der Waals surface area contributed by atoms with E-state index in [9.17, 15) is 8.42 Å². The average Bonchev–Trinajstić information content (AvgIpc) is 3.30. The number of anilines is 1. The van der Waals surface area contributed by atoms with Crippen molar-refractivity contribution in [3.8, 4) is 0 Å². The van der Waals surface area contributed by atoms with Gasteiger partial charge in [0.15, 0.2) is 14.9 Å². The maximum Gasteiger partial charge on any atom is 0.192 e. The number of aromatic nitrogens is 1. The Labute approximate surface area is 125 Å². The van der Waals surface area contributed by atoms with Crippen LogP contribution >= 0.6 is 0 Å². The first-order chi connectivity index (χ1) is 10.0. The van der Waals surface area contributed by atoms with Gasteiger partial charge in [0.2, 0.25) is 0 Å². The van der Waals surface area contributed by atoms with Crippen molar-refractivity contribution in [1.29, 1.82) is 0 Å². The van der Waals surface area contributed by atoms with Gasteiger partial charge < -0.3 is 5.32 Å². The van der Waals surface area contributed by atoms with E-state index < -0.39 is 9.84 Å². The molecule has 0 radical (unpaired) electrons. The van der Waals surface area contributed by atoms with Gasteiger partial charge in [-0.3, -0.25) is 0 Å². The van der Waals surface area contributed by atoms with Gasteiger partial charge in [0.05, 0.1) is 17.9 Å². The van der Waals surface area contributed by atoms with Crippen LogP contribution in [0, 0.1) is 5.92 Å². The van der Waals surface area contributed by atoms with Gasteiger partial charge in [-0.2, -0.15) is 0 Å². The summed E-state index contributed by atoms with van der Waals surface area (Å²) in [7, 11) is -3.24. The molecule has 0 bridgehead atoms. The molecule has 21 heavy (non-hydrogen) atoms. The fourth-order valence-corrected chi connectivity index (χ4v) is 2.99. The Kier molecular flexibility index (Phi) is 3.68. The first kappa shape index (κ1) is 14.1. The molecular weight excluding hydrogens is 284 g/mol. The molecule has 1 unspecified atom stereocenters. The van der Waals surface area contributed by atoms with Gasteiger partial charge in [-0.15, -0.1) is 0 Å². The molecule has 0 spiro atoms. The Hall–Kier alpha value is -1.88. The predicted molar refractivity (Wildman–Crippen MR) is 82.9 cm³/mol. The number of rotatable bonds is 5. The van der Waals surface area contributed by atoms with Crippen LogP contribution in [0.15, 0.2) is 53.7 Å². The van der Waals surface area contributed by atoms with Crippen molar-refractivity contribution < 1.29 is 8.42 Å². The molecule has 1 aliphatic rings. The number of hydrogen-bond acceptors (Lipinski definition) is 4. The van der Waals surface area contributed by atoms with E-state index in [-0.39, 0.29) is 11.1 Å². The van der Waals surface area contributed by atoms with E-state index in [0.29, 0.717) is 5.92 Å².